The van der Waals surface area contributed by atoms with Gasteiger partial charge in [0.25, 0.3) is 15.8 Å². The van der Waals surface area contributed by atoms with Crippen molar-refractivity contribution >= 4 is 15.8 Å². The minimum absolute atomic E-state index is 0.0376. The third kappa shape index (κ3) is 2.37. The second-order valence-electron chi connectivity index (χ2n) is 4.39. The molecule has 0 aliphatic carbocycles. The lowest BCUT2D eigenvalue weighted by atomic mass is 9.99. The van der Waals surface area contributed by atoms with Crippen LogP contribution in [0.1, 0.15) is 25.0 Å². The van der Waals surface area contributed by atoms with Crippen LogP contribution in [0.25, 0.3) is 0 Å². The van der Waals surface area contributed by atoms with Crippen LogP contribution in [-0.4, -0.2) is 20.5 Å². The highest BCUT2D eigenvalue weighted by Crippen LogP contribution is 2.33. The molecular weight excluding hydrogens is 258 g/mol. The zero-order valence-electron chi connectivity index (χ0n) is 10.6. The van der Waals surface area contributed by atoms with E-state index in [1.165, 1.54) is 32.0 Å². The lowest BCUT2D eigenvalue weighted by molar-refractivity contribution is -0.385. The van der Waals surface area contributed by atoms with E-state index in [0.29, 0.717) is 11.1 Å². The van der Waals surface area contributed by atoms with Gasteiger partial charge >= 0.3 is 0 Å². The molecule has 0 amide bonds. The van der Waals surface area contributed by atoms with Crippen LogP contribution in [0.5, 0.6) is 0 Å². The summed E-state index contributed by atoms with van der Waals surface area (Å²) in [6.45, 7) is 4.55. The fourth-order valence-electron chi connectivity index (χ4n) is 1.59. The Hall–Kier alpha value is -1.47. The molecule has 0 heterocycles. The molecule has 0 fully saturated rings. The summed E-state index contributed by atoms with van der Waals surface area (Å²) in [5.41, 5.74) is 0.827. The minimum atomic E-state index is -3.77. The summed E-state index contributed by atoms with van der Waals surface area (Å²) >= 11 is 0. The van der Waals surface area contributed by atoms with Crippen LogP contribution in [0.3, 0.4) is 0 Å². The number of hydrogen-bond donors (Lipinski definition) is 0. The van der Waals surface area contributed by atoms with Crippen molar-refractivity contribution in [1.82, 2.24) is 0 Å². The molecule has 7 heteroatoms. The standard InChI is InChI=1S/C11H15NO5S/c1-8-7-9(5-6-10(8)12(13)14)11(2,3)18(15,16)17-4/h5-7H,1-4H3. The molecule has 18 heavy (non-hydrogen) atoms. The zero-order chi connectivity index (χ0) is 14.1. The van der Waals surface area contributed by atoms with Crippen molar-refractivity contribution in [2.45, 2.75) is 25.5 Å². The fraction of sp³-hybridized carbons (Fsp3) is 0.455. The number of hydrogen-bond acceptors (Lipinski definition) is 5. The van der Waals surface area contributed by atoms with E-state index in [1.54, 1.807) is 6.92 Å². The Labute approximate surface area is 106 Å². The van der Waals surface area contributed by atoms with Gasteiger partial charge in [0.1, 0.15) is 4.75 Å². The average Bonchev–Trinajstić information content (AvgIpc) is 2.28. The maximum absolute atomic E-state index is 11.8. The second-order valence-corrected chi connectivity index (χ2v) is 6.65. The van der Waals surface area contributed by atoms with E-state index in [1.807, 2.05) is 0 Å². The second kappa shape index (κ2) is 4.66. The molecular formula is C11H15NO5S. The van der Waals surface area contributed by atoms with Gasteiger partial charge < -0.3 is 0 Å². The third-order valence-electron chi connectivity index (χ3n) is 2.93. The normalized spacial score (nSPS) is 12.4. The molecule has 0 aliphatic heterocycles. The predicted octanol–water partition coefficient (Wildman–Crippen LogP) is 2.11. The minimum Gasteiger partial charge on any atom is -0.273 e. The van der Waals surface area contributed by atoms with Crippen molar-refractivity contribution in [3.05, 3.63) is 39.4 Å². The highest BCUT2D eigenvalue weighted by atomic mass is 32.2. The molecule has 1 aromatic rings. The molecule has 0 aliphatic rings. The van der Waals surface area contributed by atoms with Gasteiger partial charge in [-0.25, -0.2) is 0 Å². The van der Waals surface area contributed by atoms with Crippen LogP contribution in [0.4, 0.5) is 5.69 Å². The van der Waals surface area contributed by atoms with E-state index in [-0.39, 0.29) is 5.69 Å². The number of rotatable bonds is 4. The first-order valence-electron chi connectivity index (χ1n) is 5.19. The Morgan fingerprint density at radius 1 is 1.33 bits per heavy atom. The summed E-state index contributed by atoms with van der Waals surface area (Å²) in [7, 11) is -2.68. The van der Waals surface area contributed by atoms with E-state index in [0.717, 1.165) is 7.11 Å². The molecule has 0 atom stereocenters. The lowest BCUT2D eigenvalue weighted by Crippen LogP contribution is -2.30. The molecule has 0 spiro atoms. The van der Waals surface area contributed by atoms with Gasteiger partial charge in [0.2, 0.25) is 0 Å². The fourth-order valence-corrected chi connectivity index (χ4v) is 2.42. The van der Waals surface area contributed by atoms with Crippen LogP contribution >= 0.6 is 0 Å². The first-order chi connectivity index (χ1) is 8.13. The van der Waals surface area contributed by atoms with Crippen LogP contribution in [-0.2, 0) is 19.0 Å². The number of aryl methyl sites for hydroxylation is 1. The SMILES string of the molecule is COS(=O)(=O)C(C)(C)c1ccc([N+](=O)[O-])c(C)c1. The van der Waals surface area contributed by atoms with Gasteiger partial charge in [-0.2, -0.15) is 8.42 Å². The Balaban J connectivity index is 3.37. The number of benzene rings is 1. The highest BCUT2D eigenvalue weighted by Gasteiger charge is 2.37. The van der Waals surface area contributed by atoms with Crippen molar-refractivity contribution in [3.8, 4) is 0 Å². The van der Waals surface area contributed by atoms with Crippen molar-refractivity contribution in [2.75, 3.05) is 7.11 Å². The number of nitro benzene ring substituents is 1. The van der Waals surface area contributed by atoms with E-state index in [4.69, 9.17) is 0 Å². The van der Waals surface area contributed by atoms with Crippen LogP contribution < -0.4 is 0 Å². The molecule has 0 saturated carbocycles. The van der Waals surface area contributed by atoms with Gasteiger partial charge in [-0.3, -0.25) is 14.3 Å². The van der Waals surface area contributed by atoms with Gasteiger partial charge in [0, 0.05) is 11.6 Å². The van der Waals surface area contributed by atoms with Crippen LogP contribution in [0.2, 0.25) is 0 Å². The maximum atomic E-state index is 11.8. The molecule has 0 bridgehead atoms. The van der Waals surface area contributed by atoms with E-state index in [2.05, 4.69) is 4.18 Å². The Bertz CT molecular complexity index is 577. The topological polar surface area (TPSA) is 86.5 Å². The van der Waals surface area contributed by atoms with Gasteiger partial charge in [0.05, 0.1) is 12.0 Å². The number of nitro groups is 1. The molecule has 0 N–H and O–H groups in total. The Kier molecular flexibility index (Phi) is 3.78. The molecule has 100 valence electrons. The summed E-state index contributed by atoms with van der Waals surface area (Å²) in [6.07, 6.45) is 0. The molecule has 6 nitrogen and oxygen atoms in total. The lowest BCUT2D eigenvalue weighted by Gasteiger charge is -2.23. The Morgan fingerprint density at radius 3 is 2.28 bits per heavy atom. The highest BCUT2D eigenvalue weighted by molar-refractivity contribution is 7.87. The summed E-state index contributed by atoms with van der Waals surface area (Å²) in [5.74, 6) is 0. The molecule has 1 aromatic carbocycles. The summed E-state index contributed by atoms with van der Waals surface area (Å²) in [5, 5.41) is 10.7. The quantitative estimate of drug-likeness (QED) is 0.476. The molecule has 0 unspecified atom stereocenters. The Morgan fingerprint density at radius 2 is 1.89 bits per heavy atom. The summed E-state index contributed by atoms with van der Waals surface area (Å²) < 4.78 is 26.8. The van der Waals surface area contributed by atoms with Gasteiger partial charge in [-0.15, -0.1) is 0 Å². The van der Waals surface area contributed by atoms with E-state index >= 15 is 0 Å². The molecule has 0 aromatic heterocycles. The summed E-state index contributed by atoms with van der Waals surface area (Å²) in [4.78, 5) is 10.2. The average molecular weight is 273 g/mol. The van der Waals surface area contributed by atoms with Gasteiger partial charge in [-0.05, 0) is 32.4 Å². The van der Waals surface area contributed by atoms with Crippen molar-refractivity contribution in [1.29, 1.82) is 0 Å². The van der Waals surface area contributed by atoms with Crippen LogP contribution in [0, 0.1) is 17.0 Å². The van der Waals surface area contributed by atoms with Crippen LogP contribution in [0.15, 0.2) is 18.2 Å². The van der Waals surface area contributed by atoms with Crippen molar-refractivity contribution in [3.63, 3.8) is 0 Å². The first kappa shape index (κ1) is 14.6. The number of nitrogens with zero attached hydrogens (tertiary/aromatic N) is 1. The molecule has 1 rings (SSSR count). The van der Waals surface area contributed by atoms with Gasteiger partial charge in [0.15, 0.2) is 0 Å². The maximum Gasteiger partial charge on any atom is 0.276 e. The van der Waals surface area contributed by atoms with E-state index in [9.17, 15) is 18.5 Å². The first-order valence-corrected chi connectivity index (χ1v) is 6.60. The predicted molar refractivity (Wildman–Crippen MR) is 66.8 cm³/mol. The van der Waals surface area contributed by atoms with Gasteiger partial charge in [-0.1, -0.05) is 6.07 Å². The summed E-state index contributed by atoms with van der Waals surface area (Å²) in [6, 6.07) is 4.23. The molecule has 0 saturated heterocycles. The zero-order valence-corrected chi connectivity index (χ0v) is 11.4. The monoisotopic (exact) mass is 273 g/mol. The largest absolute Gasteiger partial charge is 0.276 e. The van der Waals surface area contributed by atoms with Crippen molar-refractivity contribution < 1.29 is 17.5 Å². The third-order valence-corrected chi connectivity index (χ3v) is 4.86. The molecule has 0 radical (unpaired) electrons. The smallest absolute Gasteiger partial charge is 0.273 e. The van der Waals surface area contributed by atoms with E-state index < -0.39 is 19.8 Å². The van der Waals surface area contributed by atoms with Crippen molar-refractivity contribution in [2.24, 2.45) is 0 Å².